The van der Waals surface area contributed by atoms with E-state index in [0.29, 0.717) is 6.42 Å². The number of rotatable bonds is 12. The van der Waals surface area contributed by atoms with E-state index in [1.54, 1.807) is 0 Å². The minimum atomic E-state index is -0.818. The van der Waals surface area contributed by atoms with E-state index < -0.39 is 5.60 Å². The molecule has 0 aliphatic heterocycles. The van der Waals surface area contributed by atoms with Crippen LogP contribution < -0.4 is 0 Å². The van der Waals surface area contributed by atoms with Crippen molar-refractivity contribution in [2.24, 2.45) is 0 Å². The van der Waals surface area contributed by atoms with Gasteiger partial charge in [-0.15, -0.1) is 0 Å². The summed E-state index contributed by atoms with van der Waals surface area (Å²) in [5, 5.41) is 18.9. The van der Waals surface area contributed by atoms with E-state index in [9.17, 15) is 5.11 Å². The van der Waals surface area contributed by atoms with E-state index in [4.69, 9.17) is 5.11 Å². The number of hydrogen-bond acceptors (Lipinski definition) is 2. The van der Waals surface area contributed by atoms with Gasteiger partial charge in [0, 0.05) is 0 Å². The van der Waals surface area contributed by atoms with Crippen LogP contribution in [-0.4, -0.2) is 22.4 Å². The zero-order chi connectivity index (χ0) is 13.0. The van der Waals surface area contributed by atoms with Crippen LogP contribution in [0.2, 0.25) is 0 Å². The molecule has 2 nitrogen and oxygen atoms in total. The topological polar surface area (TPSA) is 40.5 Å². The van der Waals surface area contributed by atoms with E-state index >= 15 is 0 Å². The van der Waals surface area contributed by atoms with Crippen LogP contribution >= 0.6 is 0 Å². The molecule has 0 aromatic heterocycles. The van der Waals surface area contributed by atoms with Gasteiger partial charge in [0.2, 0.25) is 0 Å². The fourth-order valence-corrected chi connectivity index (χ4v) is 2.13. The highest BCUT2D eigenvalue weighted by Gasteiger charge is 2.22. The Morgan fingerprint density at radius 2 is 1.24 bits per heavy atom. The second-order valence-electron chi connectivity index (χ2n) is 5.31. The Morgan fingerprint density at radius 1 is 0.765 bits per heavy atom. The van der Waals surface area contributed by atoms with Crippen LogP contribution in [0.15, 0.2) is 0 Å². The van der Waals surface area contributed by atoms with Crippen molar-refractivity contribution in [2.75, 3.05) is 6.61 Å². The smallest absolute Gasteiger partial charge is 0.0874 e. The average molecular weight is 244 g/mol. The Kier molecular flexibility index (Phi) is 11.0. The molecule has 1 unspecified atom stereocenters. The van der Waals surface area contributed by atoms with Crippen molar-refractivity contribution < 1.29 is 10.2 Å². The zero-order valence-electron chi connectivity index (χ0n) is 11.9. The van der Waals surface area contributed by atoms with Gasteiger partial charge in [-0.1, -0.05) is 71.6 Å². The van der Waals surface area contributed by atoms with Gasteiger partial charge in [-0.2, -0.15) is 0 Å². The maximum absolute atomic E-state index is 9.88. The van der Waals surface area contributed by atoms with Crippen molar-refractivity contribution in [2.45, 2.75) is 90.1 Å². The molecule has 2 heteroatoms. The summed E-state index contributed by atoms with van der Waals surface area (Å²) >= 11 is 0. The molecule has 0 aromatic rings. The second-order valence-corrected chi connectivity index (χ2v) is 5.31. The summed E-state index contributed by atoms with van der Waals surface area (Å²) in [5.41, 5.74) is -0.818. The van der Waals surface area contributed by atoms with Gasteiger partial charge < -0.3 is 10.2 Å². The first-order valence-electron chi connectivity index (χ1n) is 7.51. The molecule has 0 amide bonds. The van der Waals surface area contributed by atoms with E-state index in [0.717, 1.165) is 12.8 Å². The largest absolute Gasteiger partial charge is 0.393 e. The standard InChI is InChI=1S/C15H32O2/c1-3-5-6-7-8-9-10-11-12-13-15(17,4-2)14-16/h16-17H,3-14H2,1-2H3. The molecule has 0 radical (unpaired) electrons. The normalized spacial score (nSPS) is 14.8. The third-order valence-corrected chi connectivity index (χ3v) is 3.70. The number of aliphatic hydroxyl groups is 2. The minimum absolute atomic E-state index is 0.0967. The monoisotopic (exact) mass is 244 g/mol. The first kappa shape index (κ1) is 16.9. The molecule has 0 heterocycles. The molecule has 104 valence electrons. The highest BCUT2D eigenvalue weighted by Crippen LogP contribution is 2.19. The maximum atomic E-state index is 9.88. The molecular weight excluding hydrogens is 212 g/mol. The van der Waals surface area contributed by atoms with Gasteiger partial charge in [-0.3, -0.25) is 0 Å². The van der Waals surface area contributed by atoms with Gasteiger partial charge in [0.05, 0.1) is 12.2 Å². The van der Waals surface area contributed by atoms with Gasteiger partial charge in [0.25, 0.3) is 0 Å². The Bertz CT molecular complexity index is 153. The summed E-state index contributed by atoms with van der Waals surface area (Å²) in [4.78, 5) is 0. The Hall–Kier alpha value is -0.0800. The van der Waals surface area contributed by atoms with Crippen LogP contribution in [0, 0.1) is 0 Å². The van der Waals surface area contributed by atoms with Crippen LogP contribution in [0.25, 0.3) is 0 Å². The van der Waals surface area contributed by atoms with Gasteiger partial charge in [-0.05, 0) is 12.8 Å². The van der Waals surface area contributed by atoms with Crippen LogP contribution in [0.1, 0.15) is 84.5 Å². The third-order valence-electron chi connectivity index (χ3n) is 3.70. The first-order chi connectivity index (χ1) is 8.18. The van der Waals surface area contributed by atoms with Crippen LogP contribution in [0.5, 0.6) is 0 Å². The molecular formula is C15H32O2. The quantitative estimate of drug-likeness (QED) is 0.509. The Labute approximate surface area is 107 Å². The SMILES string of the molecule is CCCCCCCCCCCC(O)(CC)CO. The highest BCUT2D eigenvalue weighted by atomic mass is 16.3. The summed E-state index contributed by atoms with van der Waals surface area (Å²) in [7, 11) is 0. The van der Waals surface area contributed by atoms with E-state index in [1.165, 1.54) is 51.4 Å². The van der Waals surface area contributed by atoms with Crippen molar-refractivity contribution in [1.29, 1.82) is 0 Å². The highest BCUT2D eigenvalue weighted by molar-refractivity contribution is 4.74. The van der Waals surface area contributed by atoms with Crippen molar-refractivity contribution in [3.63, 3.8) is 0 Å². The van der Waals surface area contributed by atoms with Crippen molar-refractivity contribution >= 4 is 0 Å². The molecule has 0 rings (SSSR count). The Morgan fingerprint density at radius 3 is 1.65 bits per heavy atom. The van der Waals surface area contributed by atoms with Gasteiger partial charge in [0.1, 0.15) is 0 Å². The summed E-state index contributed by atoms with van der Waals surface area (Å²) in [5.74, 6) is 0. The number of aliphatic hydroxyl groups excluding tert-OH is 1. The zero-order valence-corrected chi connectivity index (χ0v) is 11.9. The minimum Gasteiger partial charge on any atom is -0.393 e. The Balaban J connectivity index is 3.23. The van der Waals surface area contributed by atoms with Crippen molar-refractivity contribution in [3.05, 3.63) is 0 Å². The molecule has 17 heavy (non-hydrogen) atoms. The van der Waals surface area contributed by atoms with Crippen LogP contribution in [0.3, 0.4) is 0 Å². The molecule has 0 spiro atoms. The predicted molar refractivity (Wildman–Crippen MR) is 74.2 cm³/mol. The van der Waals surface area contributed by atoms with Crippen LogP contribution in [-0.2, 0) is 0 Å². The number of unbranched alkanes of at least 4 members (excludes halogenated alkanes) is 8. The molecule has 0 aliphatic carbocycles. The van der Waals surface area contributed by atoms with E-state index in [-0.39, 0.29) is 6.61 Å². The van der Waals surface area contributed by atoms with Gasteiger partial charge in [0.15, 0.2) is 0 Å². The molecule has 0 fully saturated rings. The maximum Gasteiger partial charge on any atom is 0.0874 e. The van der Waals surface area contributed by atoms with Gasteiger partial charge in [-0.25, -0.2) is 0 Å². The van der Waals surface area contributed by atoms with Crippen LogP contribution in [0.4, 0.5) is 0 Å². The molecule has 0 saturated heterocycles. The fraction of sp³-hybridized carbons (Fsp3) is 1.00. The summed E-state index contributed by atoms with van der Waals surface area (Å²) in [6.07, 6.45) is 13.0. The molecule has 0 saturated carbocycles. The predicted octanol–water partition coefficient (Wildman–Crippen LogP) is 4.04. The molecule has 0 aliphatic rings. The average Bonchev–Trinajstić information content (AvgIpc) is 2.36. The summed E-state index contributed by atoms with van der Waals surface area (Å²) in [6.45, 7) is 4.08. The lowest BCUT2D eigenvalue weighted by Gasteiger charge is -2.23. The van der Waals surface area contributed by atoms with E-state index in [1.807, 2.05) is 6.92 Å². The second kappa shape index (κ2) is 11.0. The van der Waals surface area contributed by atoms with E-state index in [2.05, 4.69) is 6.92 Å². The van der Waals surface area contributed by atoms with Gasteiger partial charge >= 0.3 is 0 Å². The summed E-state index contributed by atoms with van der Waals surface area (Å²) in [6, 6.07) is 0. The molecule has 0 aromatic carbocycles. The molecule has 0 bridgehead atoms. The van der Waals surface area contributed by atoms with Crippen molar-refractivity contribution in [3.8, 4) is 0 Å². The first-order valence-corrected chi connectivity index (χ1v) is 7.51. The lowest BCUT2D eigenvalue weighted by atomic mass is 9.94. The lowest BCUT2D eigenvalue weighted by molar-refractivity contribution is -0.0259. The van der Waals surface area contributed by atoms with Crippen molar-refractivity contribution in [1.82, 2.24) is 0 Å². The fourth-order valence-electron chi connectivity index (χ4n) is 2.13. The number of hydrogen-bond donors (Lipinski definition) is 2. The lowest BCUT2D eigenvalue weighted by Crippen LogP contribution is -2.32. The third kappa shape index (κ3) is 9.61. The molecule has 2 N–H and O–H groups in total. The summed E-state index contributed by atoms with van der Waals surface area (Å²) < 4.78 is 0. The molecule has 1 atom stereocenters.